The van der Waals surface area contributed by atoms with Crippen molar-refractivity contribution in [2.45, 2.75) is 25.7 Å². The molecule has 1 heterocycles. The summed E-state index contributed by atoms with van der Waals surface area (Å²) in [5.74, 6) is 0. The molecule has 0 bridgehead atoms. The molecule has 1 aromatic rings. The molecule has 1 N–H and O–H groups in total. The number of nitrogens with zero attached hydrogens (tertiary/aromatic N) is 1. The molecule has 1 aliphatic carbocycles. The number of allylic oxidation sites excluding steroid dienone is 2. The molecule has 0 aromatic carbocycles. The van der Waals surface area contributed by atoms with Gasteiger partial charge in [-0.3, -0.25) is 5.10 Å². The highest BCUT2D eigenvalue weighted by molar-refractivity contribution is 5.64. The van der Waals surface area contributed by atoms with Crippen LogP contribution in [0.5, 0.6) is 0 Å². The van der Waals surface area contributed by atoms with E-state index in [4.69, 9.17) is 0 Å². The minimum absolute atomic E-state index is 1.22. The van der Waals surface area contributed by atoms with Crippen LogP contribution in [-0.4, -0.2) is 10.2 Å². The topological polar surface area (TPSA) is 28.7 Å². The number of aromatic nitrogens is 2. The summed E-state index contributed by atoms with van der Waals surface area (Å²) in [5, 5.41) is 6.77. The van der Waals surface area contributed by atoms with Crippen molar-refractivity contribution in [3.63, 3.8) is 0 Å². The van der Waals surface area contributed by atoms with Crippen LogP contribution in [0.1, 0.15) is 31.2 Å². The molecule has 58 valence electrons. The van der Waals surface area contributed by atoms with Crippen molar-refractivity contribution >= 4 is 5.57 Å². The molecule has 0 fully saturated rings. The van der Waals surface area contributed by atoms with E-state index >= 15 is 0 Å². The number of aromatic amines is 1. The van der Waals surface area contributed by atoms with Gasteiger partial charge in [-0.05, 0) is 31.3 Å². The van der Waals surface area contributed by atoms with E-state index in [1.165, 1.54) is 36.8 Å². The highest BCUT2D eigenvalue weighted by Crippen LogP contribution is 2.25. The Morgan fingerprint density at radius 1 is 1.36 bits per heavy atom. The maximum absolute atomic E-state index is 3.93. The van der Waals surface area contributed by atoms with Crippen LogP contribution in [-0.2, 0) is 0 Å². The number of rotatable bonds is 1. The van der Waals surface area contributed by atoms with E-state index in [9.17, 15) is 0 Å². The molecule has 2 rings (SSSR count). The smallest absolute Gasteiger partial charge is 0.0562 e. The summed E-state index contributed by atoms with van der Waals surface area (Å²) in [6.07, 6.45) is 11.3. The quantitative estimate of drug-likeness (QED) is 0.650. The van der Waals surface area contributed by atoms with Crippen LogP contribution in [0.25, 0.3) is 5.57 Å². The summed E-state index contributed by atoms with van der Waals surface area (Å²) in [6.45, 7) is 0. The van der Waals surface area contributed by atoms with E-state index in [-0.39, 0.29) is 0 Å². The monoisotopic (exact) mass is 148 g/mol. The molecule has 1 aliphatic rings. The van der Waals surface area contributed by atoms with Crippen LogP contribution in [0.4, 0.5) is 0 Å². The molecule has 0 saturated carbocycles. The third-order valence-corrected chi connectivity index (χ3v) is 2.16. The lowest BCUT2D eigenvalue weighted by molar-refractivity contribution is 0.742. The van der Waals surface area contributed by atoms with E-state index < -0.39 is 0 Å². The Morgan fingerprint density at radius 2 is 2.36 bits per heavy atom. The third-order valence-electron chi connectivity index (χ3n) is 2.16. The van der Waals surface area contributed by atoms with Crippen molar-refractivity contribution in [1.82, 2.24) is 10.2 Å². The van der Waals surface area contributed by atoms with Gasteiger partial charge < -0.3 is 0 Å². The standard InChI is InChI=1S/C9H12N2/c1-2-4-8(5-3-1)9-6-10-11-7-9/h4,6-7H,1-3,5H2,(H,10,11). The van der Waals surface area contributed by atoms with Crippen molar-refractivity contribution < 1.29 is 0 Å². The van der Waals surface area contributed by atoms with Gasteiger partial charge in [0.15, 0.2) is 0 Å². The fraction of sp³-hybridized carbons (Fsp3) is 0.444. The number of nitrogens with one attached hydrogen (secondary N) is 1. The van der Waals surface area contributed by atoms with Gasteiger partial charge >= 0.3 is 0 Å². The van der Waals surface area contributed by atoms with Crippen LogP contribution in [0.2, 0.25) is 0 Å². The summed E-state index contributed by atoms with van der Waals surface area (Å²) in [6, 6.07) is 0. The van der Waals surface area contributed by atoms with Crippen LogP contribution in [0.15, 0.2) is 18.5 Å². The molecule has 2 heteroatoms. The Hall–Kier alpha value is -1.05. The van der Waals surface area contributed by atoms with E-state index in [1.807, 2.05) is 12.4 Å². The minimum atomic E-state index is 1.22. The number of hydrogen-bond donors (Lipinski definition) is 1. The zero-order valence-electron chi connectivity index (χ0n) is 6.51. The third kappa shape index (κ3) is 1.34. The molecule has 0 spiro atoms. The Labute approximate surface area is 66.3 Å². The van der Waals surface area contributed by atoms with Gasteiger partial charge in [0.2, 0.25) is 0 Å². The Morgan fingerprint density at radius 3 is 3.00 bits per heavy atom. The van der Waals surface area contributed by atoms with Crippen molar-refractivity contribution in [3.05, 3.63) is 24.0 Å². The fourth-order valence-corrected chi connectivity index (χ4v) is 1.53. The first-order valence-corrected chi connectivity index (χ1v) is 4.15. The molecule has 11 heavy (non-hydrogen) atoms. The second-order valence-electron chi connectivity index (χ2n) is 2.96. The first-order chi connectivity index (χ1) is 5.47. The highest BCUT2D eigenvalue weighted by atomic mass is 15.1. The van der Waals surface area contributed by atoms with Gasteiger partial charge in [0.25, 0.3) is 0 Å². The highest BCUT2D eigenvalue weighted by Gasteiger charge is 2.05. The maximum Gasteiger partial charge on any atom is 0.0562 e. The van der Waals surface area contributed by atoms with E-state index in [0.717, 1.165) is 0 Å². The maximum atomic E-state index is 3.93. The molecule has 0 amide bonds. The van der Waals surface area contributed by atoms with Crippen molar-refractivity contribution in [3.8, 4) is 0 Å². The van der Waals surface area contributed by atoms with Crippen LogP contribution in [0, 0.1) is 0 Å². The molecule has 1 aromatic heterocycles. The predicted molar refractivity (Wildman–Crippen MR) is 45.0 cm³/mol. The zero-order chi connectivity index (χ0) is 7.52. The van der Waals surface area contributed by atoms with Crippen molar-refractivity contribution in [2.24, 2.45) is 0 Å². The lowest BCUT2D eigenvalue weighted by atomic mass is 9.96. The molecular weight excluding hydrogens is 136 g/mol. The average Bonchev–Trinajstić information content (AvgIpc) is 2.58. The van der Waals surface area contributed by atoms with Gasteiger partial charge in [-0.1, -0.05) is 6.08 Å². The first kappa shape index (κ1) is 6.65. The number of hydrogen-bond acceptors (Lipinski definition) is 1. The van der Waals surface area contributed by atoms with Gasteiger partial charge in [0.1, 0.15) is 0 Å². The first-order valence-electron chi connectivity index (χ1n) is 4.15. The largest absolute Gasteiger partial charge is 0.285 e. The molecule has 0 saturated heterocycles. The second kappa shape index (κ2) is 2.91. The lowest BCUT2D eigenvalue weighted by Gasteiger charge is -2.09. The summed E-state index contributed by atoms with van der Waals surface area (Å²) in [5.41, 5.74) is 2.73. The molecule has 2 nitrogen and oxygen atoms in total. The van der Waals surface area contributed by atoms with Gasteiger partial charge in [0, 0.05) is 11.8 Å². The van der Waals surface area contributed by atoms with E-state index in [2.05, 4.69) is 16.3 Å². The van der Waals surface area contributed by atoms with E-state index in [0.29, 0.717) is 0 Å². The minimum Gasteiger partial charge on any atom is -0.285 e. The molecular formula is C9H12N2. The fourth-order valence-electron chi connectivity index (χ4n) is 1.53. The summed E-state index contributed by atoms with van der Waals surface area (Å²) >= 11 is 0. The van der Waals surface area contributed by atoms with Gasteiger partial charge in [-0.15, -0.1) is 0 Å². The Balaban J connectivity index is 2.22. The Kier molecular flexibility index (Phi) is 1.76. The van der Waals surface area contributed by atoms with Crippen LogP contribution < -0.4 is 0 Å². The molecule has 0 aliphatic heterocycles. The second-order valence-corrected chi connectivity index (χ2v) is 2.96. The lowest BCUT2D eigenvalue weighted by Crippen LogP contribution is -1.89. The molecule has 0 radical (unpaired) electrons. The Bertz CT molecular complexity index is 247. The summed E-state index contributed by atoms with van der Waals surface area (Å²) in [4.78, 5) is 0. The number of H-pyrrole nitrogens is 1. The van der Waals surface area contributed by atoms with Crippen LogP contribution in [0.3, 0.4) is 0 Å². The summed E-state index contributed by atoms with van der Waals surface area (Å²) < 4.78 is 0. The van der Waals surface area contributed by atoms with Crippen molar-refractivity contribution in [1.29, 1.82) is 0 Å². The van der Waals surface area contributed by atoms with E-state index in [1.54, 1.807) is 0 Å². The molecule has 0 unspecified atom stereocenters. The molecule has 0 atom stereocenters. The summed E-state index contributed by atoms with van der Waals surface area (Å²) in [7, 11) is 0. The normalized spacial score (nSPS) is 18.0. The van der Waals surface area contributed by atoms with Gasteiger partial charge in [-0.25, -0.2) is 0 Å². The SMILES string of the molecule is C1=C(c2cn[nH]c2)CCCC1. The predicted octanol–water partition coefficient (Wildman–Crippen LogP) is 2.37. The van der Waals surface area contributed by atoms with Gasteiger partial charge in [-0.2, -0.15) is 5.10 Å². The zero-order valence-corrected chi connectivity index (χ0v) is 6.51. The average molecular weight is 148 g/mol. The van der Waals surface area contributed by atoms with Gasteiger partial charge in [0.05, 0.1) is 6.20 Å². The van der Waals surface area contributed by atoms with Crippen molar-refractivity contribution in [2.75, 3.05) is 0 Å². The van der Waals surface area contributed by atoms with Crippen LogP contribution >= 0.6 is 0 Å².